The van der Waals surface area contributed by atoms with Gasteiger partial charge in [0.1, 0.15) is 5.82 Å². The fraction of sp³-hybridized carbons (Fsp3) is 0.333. The number of aliphatic hydroxyl groups is 1. The van der Waals surface area contributed by atoms with E-state index in [1.54, 1.807) is 32.0 Å². The molecule has 0 aromatic heterocycles. The summed E-state index contributed by atoms with van der Waals surface area (Å²) in [4.78, 5) is 0. The summed E-state index contributed by atoms with van der Waals surface area (Å²) in [6.45, 7) is 6.93. The van der Waals surface area contributed by atoms with Crippen molar-refractivity contribution < 1.29 is 9.50 Å². The van der Waals surface area contributed by atoms with Crippen LogP contribution in [0.15, 0.2) is 36.9 Å². The van der Waals surface area contributed by atoms with Crippen molar-refractivity contribution in [1.82, 2.24) is 0 Å². The van der Waals surface area contributed by atoms with E-state index in [4.69, 9.17) is 0 Å². The molecular formula is C12H16FNO. The lowest BCUT2D eigenvalue weighted by molar-refractivity contribution is 0.0957. The molecule has 0 aliphatic carbocycles. The molecule has 0 saturated carbocycles. The van der Waals surface area contributed by atoms with E-state index < -0.39 is 5.60 Å². The molecule has 0 aliphatic rings. The second-order valence-corrected chi connectivity index (χ2v) is 3.78. The van der Waals surface area contributed by atoms with Crippen LogP contribution in [0.3, 0.4) is 0 Å². The summed E-state index contributed by atoms with van der Waals surface area (Å²) in [7, 11) is 0. The maximum atomic E-state index is 13.3. The molecule has 2 N–H and O–H groups in total. The summed E-state index contributed by atoms with van der Waals surface area (Å²) in [6.07, 6.45) is 1.44. The normalized spacial score (nSPS) is 16.5. The van der Waals surface area contributed by atoms with Crippen molar-refractivity contribution in [3.05, 3.63) is 42.7 Å². The minimum Gasteiger partial charge on any atom is -0.384 e. The van der Waals surface area contributed by atoms with Gasteiger partial charge in [0.25, 0.3) is 0 Å². The first-order valence-electron chi connectivity index (χ1n) is 4.84. The van der Waals surface area contributed by atoms with Gasteiger partial charge in [-0.2, -0.15) is 0 Å². The Labute approximate surface area is 89.4 Å². The Morgan fingerprint density at radius 3 is 2.67 bits per heavy atom. The maximum absolute atomic E-state index is 13.3. The maximum Gasteiger partial charge on any atom is 0.146 e. The van der Waals surface area contributed by atoms with Crippen LogP contribution in [-0.4, -0.2) is 16.7 Å². The lowest BCUT2D eigenvalue weighted by Crippen LogP contribution is -2.40. The predicted octanol–water partition coefficient (Wildman–Crippen LogP) is 2.56. The summed E-state index contributed by atoms with van der Waals surface area (Å²) in [5.74, 6) is -0.329. The van der Waals surface area contributed by atoms with Gasteiger partial charge in [-0.3, -0.25) is 0 Å². The van der Waals surface area contributed by atoms with Gasteiger partial charge in [0.05, 0.1) is 17.3 Å². The van der Waals surface area contributed by atoms with Crippen molar-refractivity contribution in [3.8, 4) is 0 Å². The lowest BCUT2D eigenvalue weighted by Gasteiger charge is -2.28. The largest absolute Gasteiger partial charge is 0.384 e. The zero-order chi connectivity index (χ0) is 11.5. The highest BCUT2D eigenvalue weighted by Gasteiger charge is 2.24. The second kappa shape index (κ2) is 4.45. The van der Waals surface area contributed by atoms with Gasteiger partial charge < -0.3 is 10.4 Å². The highest BCUT2D eigenvalue weighted by Crippen LogP contribution is 2.19. The Balaban J connectivity index is 2.79. The van der Waals surface area contributed by atoms with Crippen molar-refractivity contribution in [2.45, 2.75) is 25.5 Å². The van der Waals surface area contributed by atoms with Gasteiger partial charge in [0, 0.05) is 0 Å². The average Bonchev–Trinajstić information content (AvgIpc) is 2.21. The second-order valence-electron chi connectivity index (χ2n) is 3.78. The van der Waals surface area contributed by atoms with E-state index in [-0.39, 0.29) is 11.9 Å². The molecular weight excluding hydrogens is 193 g/mol. The van der Waals surface area contributed by atoms with E-state index in [0.717, 1.165) is 0 Å². The van der Waals surface area contributed by atoms with Crippen molar-refractivity contribution in [2.24, 2.45) is 0 Å². The minimum atomic E-state index is -1.07. The van der Waals surface area contributed by atoms with Crippen LogP contribution in [0.1, 0.15) is 13.8 Å². The zero-order valence-electron chi connectivity index (χ0n) is 9.00. The van der Waals surface area contributed by atoms with Gasteiger partial charge in [-0.15, -0.1) is 6.58 Å². The fourth-order valence-corrected chi connectivity index (χ4v) is 1.13. The van der Waals surface area contributed by atoms with Gasteiger partial charge in [0.2, 0.25) is 0 Å². The van der Waals surface area contributed by atoms with Crippen LogP contribution in [0, 0.1) is 5.82 Å². The van der Waals surface area contributed by atoms with Crippen molar-refractivity contribution in [2.75, 3.05) is 5.32 Å². The summed E-state index contributed by atoms with van der Waals surface area (Å²) < 4.78 is 13.3. The Kier molecular flexibility index (Phi) is 3.48. The van der Waals surface area contributed by atoms with Gasteiger partial charge in [-0.25, -0.2) is 4.39 Å². The van der Waals surface area contributed by atoms with Crippen LogP contribution in [0.2, 0.25) is 0 Å². The van der Waals surface area contributed by atoms with Crippen LogP contribution in [0.4, 0.5) is 10.1 Å². The highest BCUT2D eigenvalue weighted by molar-refractivity contribution is 5.45. The molecule has 15 heavy (non-hydrogen) atoms. The van der Waals surface area contributed by atoms with Crippen LogP contribution in [0.25, 0.3) is 0 Å². The number of hydrogen-bond acceptors (Lipinski definition) is 2. The molecule has 0 bridgehead atoms. The number of halogens is 1. The highest BCUT2D eigenvalue weighted by atomic mass is 19.1. The molecule has 3 heteroatoms. The SMILES string of the molecule is C=CC(C)(O)C(C)Nc1ccccc1F. The molecule has 0 saturated heterocycles. The minimum absolute atomic E-state index is 0.313. The Morgan fingerprint density at radius 2 is 2.13 bits per heavy atom. The molecule has 0 heterocycles. The molecule has 82 valence electrons. The monoisotopic (exact) mass is 209 g/mol. The van der Waals surface area contributed by atoms with Crippen LogP contribution in [0.5, 0.6) is 0 Å². The van der Waals surface area contributed by atoms with E-state index >= 15 is 0 Å². The van der Waals surface area contributed by atoms with E-state index in [2.05, 4.69) is 11.9 Å². The standard InChI is InChI=1S/C12H16FNO/c1-4-12(3,15)9(2)14-11-8-6-5-7-10(11)13/h4-9,14-15H,1H2,2-3H3. The number of rotatable bonds is 4. The third kappa shape index (κ3) is 2.80. The van der Waals surface area contributed by atoms with Crippen molar-refractivity contribution >= 4 is 5.69 Å². The number of anilines is 1. The van der Waals surface area contributed by atoms with Gasteiger partial charge >= 0.3 is 0 Å². The zero-order valence-corrected chi connectivity index (χ0v) is 9.00. The van der Waals surface area contributed by atoms with Crippen LogP contribution >= 0.6 is 0 Å². The van der Waals surface area contributed by atoms with E-state index in [9.17, 15) is 9.50 Å². The molecule has 1 rings (SSSR count). The average molecular weight is 209 g/mol. The smallest absolute Gasteiger partial charge is 0.146 e. The Hall–Kier alpha value is -1.35. The molecule has 0 spiro atoms. The molecule has 2 atom stereocenters. The van der Waals surface area contributed by atoms with Crippen molar-refractivity contribution in [1.29, 1.82) is 0 Å². The molecule has 1 aromatic rings. The summed E-state index contributed by atoms with van der Waals surface area (Å²) in [5.41, 5.74) is -0.686. The third-order valence-electron chi connectivity index (χ3n) is 2.54. The quantitative estimate of drug-likeness (QED) is 0.747. The number of benzene rings is 1. The first kappa shape index (κ1) is 11.7. The summed E-state index contributed by atoms with van der Waals surface area (Å²) >= 11 is 0. The summed E-state index contributed by atoms with van der Waals surface area (Å²) in [6, 6.07) is 6.05. The number of para-hydroxylation sites is 1. The topological polar surface area (TPSA) is 32.3 Å². The molecule has 0 aliphatic heterocycles. The Bertz CT molecular complexity index is 349. The van der Waals surface area contributed by atoms with Gasteiger partial charge in [0.15, 0.2) is 0 Å². The van der Waals surface area contributed by atoms with Crippen molar-refractivity contribution in [3.63, 3.8) is 0 Å². The van der Waals surface area contributed by atoms with Gasteiger partial charge in [-0.05, 0) is 26.0 Å². The van der Waals surface area contributed by atoms with Crippen LogP contribution in [-0.2, 0) is 0 Å². The molecule has 2 unspecified atom stereocenters. The third-order valence-corrected chi connectivity index (χ3v) is 2.54. The van der Waals surface area contributed by atoms with E-state index in [1.165, 1.54) is 12.1 Å². The fourth-order valence-electron chi connectivity index (χ4n) is 1.13. The van der Waals surface area contributed by atoms with E-state index in [0.29, 0.717) is 5.69 Å². The number of hydrogen-bond donors (Lipinski definition) is 2. The predicted molar refractivity (Wildman–Crippen MR) is 60.3 cm³/mol. The molecule has 2 nitrogen and oxygen atoms in total. The first-order chi connectivity index (χ1) is 6.97. The molecule has 0 amide bonds. The van der Waals surface area contributed by atoms with Crippen LogP contribution < -0.4 is 5.32 Å². The molecule has 0 fully saturated rings. The number of nitrogens with one attached hydrogen (secondary N) is 1. The van der Waals surface area contributed by atoms with Gasteiger partial charge in [-0.1, -0.05) is 18.2 Å². The summed E-state index contributed by atoms with van der Waals surface area (Å²) in [5, 5.41) is 12.7. The van der Waals surface area contributed by atoms with E-state index in [1.807, 2.05) is 0 Å². The lowest BCUT2D eigenvalue weighted by atomic mass is 9.98. The first-order valence-corrected chi connectivity index (χ1v) is 4.84. The molecule has 0 radical (unpaired) electrons. The Morgan fingerprint density at radius 1 is 1.53 bits per heavy atom. The molecule has 1 aromatic carbocycles.